The Morgan fingerprint density at radius 3 is 2.76 bits per heavy atom. The quantitative estimate of drug-likeness (QED) is 0.531. The number of hydrogen-bond acceptors (Lipinski definition) is 4. The number of rotatable bonds is 10. The molecule has 1 aromatic carbocycles. The van der Waals surface area contributed by atoms with Gasteiger partial charge in [-0.1, -0.05) is 18.2 Å². The topological polar surface area (TPSA) is 41.9 Å². The molecule has 0 bridgehead atoms. The van der Waals surface area contributed by atoms with Crippen molar-refractivity contribution in [2.45, 2.75) is 25.5 Å². The highest BCUT2D eigenvalue weighted by atomic mass is 16.5. The second-order valence-corrected chi connectivity index (χ2v) is 5.47. The Bertz CT molecular complexity index is 432. The van der Waals surface area contributed by atoms with Crippen molar-refractivity contribution in [2.75, 3.05) is 33.9 Å². The number of methoxy groups -OCH3 is 2. The smallest absolute Gasteiger partial charge is 0.119 e. The van der Waals surface area contributed by atoms with Crippen LogP contribution in [0.3, 0.4) is 0 Å². The van der Waals surface area contributed by atoms with E-state index in [0.29, 0.717) is 13.2 Å². The minimum Gasteiger partial charge on any atom is -0.497 e. The summed E-state index contributed by atoms with van der Waals surface area (Å²) in [7, 11) is 3.37. The van der Waals surface area contributed by atoms with Crippen LogP contribution in [-0.2, 0) is 11.3 Å². The van der Waals surface area contributed by atoms with Gasteiger partial charge in [0.2, 0.25) is 0 Å². The maximum Gasteiger partial charge on any atom is 0.119 e. The third kappa shape index (κ3) is 6.76. The summed E-state index contributed by atoms with van der Waals surface area (Å²) in [5.74, 6) is 0.847. The molecule has 0 aliphatic carbocycles. The molecule has 0 aliphatic heterocycles. The van der Waals surface area contributed by atoms with Crippen molar-refractivity contribution in [1.82, 2.24) is 4.90 Å². The van der Waals surface area contributed by atoms with E-state index in [-0.39, 0.29) is 0 Å². The van der Waals surface area contributed by atoms with Crippen molar-refractivity contribution in [3.8, 4) is 5.75 Å². The van der Waals surface area contributed by atoms with Gasteiger partial charge < -0.3 is 14.6 Å². The predicted molar refractivity (Wildman–Crippen MR) is 85.6 cm³/mol. The van der Waals surface area contributed by atoms with Crippen LogP contribution in [0.15, 0.2) is 36.9 Å². The molecule has 1 atom stereocenters. The Balaban J connectivity index is 2.72. The van der Waals surface area contributed by atoms with Gasteiger partial charge in [-0.05, 0) is 31.0 Å². The summed E-state index contributed by atoms with van der Waals surface area (Å²) >= 11 is 0. The van der Waals surface area contributed by atoms with E-state index in [2.05, 4.69) is 17.5 Å². The summed E-state index contributed by atoms with van der Waals surface area (Å²) in [6.45, 7) is 8.33. The standard InChI is InChI=1S/C17H27NO3/c1-5-17(2,19)14-18(10-7-11-20-3)13-15-8-6-9-16(12-15)21-4/h5-6,8-9,12,19H,1,7,10-11,13-14H2,2-4H3. The lowest BCUT2D eigenvalue weighted by Crippen LogP contribution is -2.39. The third-order valence-electron chi connectivity index (χ3n) is 3.35. The fraction of sp³-hybridized carbons (Fsp3) is 0.529. The van der Waals surface area contributed by atoms with Crippen LogP contribution in [0.25, 0.3) is 0 Å². The van der Waals surface area contributed by atoms with Gasteiger partial charge in [0, 0.05) is 33.4 Å². The Kier molecular flexibility index (Phi) is 7.43. The summed E-state index contributed by atoms with van der Waals surface area (Å²) in [5.41, 5.74) is 0.262. The van der Waals surface area contributed by atoms with Crippen LogP contribution in [0.1, 0.15) is 18.9 Å². The van der Waals surface area contributed by atoms with Crippen LogP contribution in [0.4, 0.5) is 0 Å². The van der Waals surface area contributed by atoms with E-state index in [9.17, 15) is 5.11 Å². The molecule has 0 aromatic heterocycles. The number of nitrogens with zero attached hydrogens (tertiary/aromatic N) is 1. The largest absolute Gasteiger partial charge is 0.497 e. The molecule has 1 N–H and O–H groups in total. The summed E-state index contributed by atoms with van der Waals surface area (Å²) in [4.78, 5) is 2.20. The van der Waals surface area contributed by atoms with Gasteiger partial charge >= 0.3 is 0 Å². The van der Waals surface area contributed by atoms with Crippen LogP contribution in [0.2, 0.25) is 0 Å². The second kappa shape index (κ2) is 8.82. The summed E-state index contributed by atoms with van der Waals surface area (Å²) < 4.78 is 10.4. The van der Waals surface area contributed by atoms with Crippen molar-refractivity contribution in [3.05, 3.63) is 42.5 Å². The zero-order chi connectivity index (χ0) is 15.7. The number of benzene rings is 1. The SMILES string of the molecule is C=CC(C)(O)CN(CCCOC)Cc1cccc(OC)c1. The zero-order valence-corrected chi connectivity index (χ0v) is 13.3. The van der Waals surface area contributed by atoms with E-state index in [1.807, 2.05) is 18.2 Å². The van der Waals surface area contributed by atoms with Crippen molar-refractivity contribution in [3.63, 3.8) is 0 Å². The fourth-order valence-corrected chi connectivity index (χ4v) is 2.19. The van der Waals surface area contributed by atoms with Crippen LogP contribution in [-0.4, -0.2) is 49.5 Å². The zero-order valence-electron chi connectivity index (χ0n) is 13.3. The Morgan fingerprint density at radius 1 is 1.38 bits per heavy atom. The van der Waals surface area contributed by atoms with E-state index in [4.69, 9.17) is 9.47 Å². The Morgan fingerprint density at radius 2 is 2.14 bits per heavy atom. The lowest BCUT2D eigenvalue weighted by atomic mass is 10.1. The molecule has 0 radical (unpaired) electrons. The molecule has 21 heavy (non-hydrogen) atoms. The molecule has 4 nitrogen and oxygen atoms in total. The van der Waals surface area contributed by atoms with Crippen molar-refractivity contribution < 1.29 is 14.6 Å². The first-order valence-corrected chi connectivity index (χ1v) is 7.21. The molecule has 0 heterocycles. The van der Waals surface area contributed by atoms with Crippen molar-refractivity contribution in [1.29, 1.82) is 0 Å². The molecule has 0 spiro atoms. The van der Waals surface area contributed by atoms with Crippen LogP contribution in [0, 0.1) is 0 Å². The monoisotopic (exact) mass is 293 g/mol. The Labute approximate surface area is 128 Å². The molecular weight excluding hydrogens is 266 g/mol. The highest BCUT2D eigenvalue weighted by Gasteiger charge is 2.20. The number of aliphatic hydroxyl groups is 1. The van der Waals surface area contributed by atoms with E-state index < -0.39 is 5.60 Å². The summed E-state index contributed by atoms with van der Waals surface area (Å²) in [6, 6.07) is 7.99. The predicted octanol–water partition coefficient (Wildman–Crippen LogP) is 2.47. The summed E-state index contributed by atoms with van der Waals surface area (Å²) in [5, 5.41) is 10.2. The van der Waals surface area contributed by atoms with Crippen LogP contribution in [0.5, 0.6) is 5.75 Å². The van der Waals surface area contributed by atoms with Gasteiger partial charge in [0.05, 0.1) is 12.7 Å². The molecule has 1 unspecified atom stereocenters. The molecule has 0 amide bonds. The van der Waals surface area contributed by atoms with Crippen LogP contribution < -0.4 is 4.74 Å². The normalized spacial score (nSPS) is 14.0. The minimum absolute atomic E-state index is 0.539. The molecular formula is C17H27NO3. The first kappa shape index (κ1) is 17.7. The van der Waals surface area contributed by atoms with Gasteiger partial charge in [-0.15, -0.1) is 6.58 Å². The molecule has 1 aromatic rings. The second-order valence-electron chi connectivity index (χ2n) is 5.47. The maximum absolute atomic E-state index is 10.2. The maximum atomic E-state index is 10.2. The average Bonchev–Trinajstić information content (AvgIpc) is 2.47. The fourth-order valence-electron chi connectivity index (χ4n) is 2.19. The molecule has 118 valence electrons. The molecule has 0 saturated carbocycles. The highest BCUT2D eigenvalue weighted by Crippen LogP contribution is 2.16. The van der Waals surface area contributed by atoms with Gasteiger partial charge in [0.15, 0.2) is 0 Å². The number of ether oxygens (including phenoxy) is 2. The van der Waals surface area contributed by atoms with E-state index >= 15 is 0 Å². The summed E-state index contributed by atoms with van der Waals surface area (Å²) in [6.07, 6.45) is 2.51. The first-order chi connectivity index (χ1) is 10.0. The first-order valence-electron chi connectivity index (χ1n) is 7.21. The number of hydrogen-bond donors (Lipinski definition) is 1. The molecule has 1 rings (SSSR count). The lowest BCUT2D eigenvalue weighted by molar-refractivity contribution is 0.0545. The molecule has 0 fully saturated rings. The van der Waals surface area contributed by atoms with Crippen molar-refractivity contribution >= 4 is 0 Å². The van der Waals surface area contributed by atoms with Gasteiger partial charge in [-0.3, -0.25) is 4.90 Å². The molecule has 0 aliphatic rings. The van der Waals surface area contributed by atoms with E-state index in [1.54, 1.807) is 27.2 Å². The average molecular weight is 293 g/mol. The van der Waals surface area contributed by atoms with Crippen LogP contribution >= 0.6 is 0 Å². The molecule has 4 heteroatoms. The van der Waals surface area contributed by atoms with Crippen molar-refractivity contribution in [2.24, 2.45) is 0 Å². The van der Waals surface area contributed by atoms with Gasteiger partial charge in [0.1, 0.15) is 5.75 Å². The minimum atomic E-state index is -0.897. The van der Waals surface area contributed by atoms with E-state index in [0.717, 1.165) is 30.8 Å². The van der Waals surface area contributed by atoms with Gasteiger partial charge in [0.25, 0.3) is 0 Å². The third-order valence-corrected chi connectivity index (χ3v) is 3.35. The Hall–Kier alpha value is -1.36. The van der Waals surface area contributed by atoms with Gasteiger partial charge in [-0.25, -0.2) is 0 Å². The van der Waals surface area contributed by atoms with E-state index in [1.165, 1.54) is 0 Å². The molecule has 0 saturated heterocycles. The van der Waals surface area contributed by atoms with Gasteiger partial charge in [-0.2, -0.15) is 0 Å². The lowest BCUT2D eigenvalue weighted by Gasteiger charge is -2.29. The highest BCUT2D eigenvalue weighted by molar-refractivity contribution is 5.28.